The van der Waals surface area contributed by atoms with Crippen LogP contribution in [0.25, 0.3) is 0 Å². The van der Waals surface area contributed by atoms with E-state index < -0.39 is 38.6 Å². The Balaban J connectivity index is 2.36. The van der Waals surface area contributed by atoms with Gasteiger partial charge in [0.1, 0.15) is 31.3 Å². The Kier molecular flexibility index (Phi) is 34.2. The van der Waals surface area contributed by atoms with Gasteiger partial charge in [0.05, 0.1) is 33.9 Å². The highest BCUT2D eigenvalue weighted by Gasteiger charge is 2.22. The van der Waals surface area contributed by atoms with Gasteiger partial charge in [0, 0.05) is 25.7 Å². The molecule has 1 aromatic heterocycles. The molecule has 0 fully saturated rings. The monoisotopic (exact) mass is 918 g/mol. The normalized spacial score (nSPS) is 14.5. The molecule has 12 heteroatoms. The lowest BCUT2D eigenvalue weighted by molar-refractivity contribution is -0.870. The number of aliphatic hydroxyl groups is 1. The minimum atomic E-state index is -4.67. The Hall–Kier alpha value is -3.05. The van der Waals surface area contributed by atoms with Crippen LogP contribution in [0.15, 0.2) is 65.2 Å². The average molecular weight is 918 g/mol. The first-order chi connectivity index (χ1) is 30.7. The summed E-state index contributed by atoms with van der Waals surface area (Å²) in [4.78, 5) is 37.7. The zero-order valence-corrected chi connectivity index (χ0v) is 41.9. The Morgan fingerprint density at radius 2 is 1.28 bits per heavy atom. The number of unbranched alkanes of at least 4 members (excludes halogenated alkanes) is 12. The number of hydrogen-bond acceptors (Lipinski definition) is 10. The fourth-order valence-corrected chi connectivity index (χ4v) is 7.45. The maximum Gasteiger partial charge on any atom is 0.306 e. The van der Waals surface area contributed by atoms with Gasteiger partial charge in [-0.05, 0) is 82.8 Å². The molecule has 0 aliphatic heterocycles. The molecule has 0 aliphatic rings. The highest BCUT2D eigenvalue weighted by atomic mass is 31.2. The lowest BCUT2D eigenvalue weighted by Gasteiger charge is -2.28. The Morgan fingerprint density at radius 3 is 1.92 bits per heavy atom. The molecule has 2 unspecified atom stereocenters. The second-order valence-electron chi connectivity index (χ2n) is 17.9. The van der Waals surface area contributed by atoms with Crippen LogP contribution in [-0.4, -0.2) is 81.2 Å². The zero-order chi connectivity index (χ0) is 47.3. The summed E-state index contributed by atoms with van der Waals surface area (Å²) in [7, 11) is 1.07. The van der Waals surface area contributed by atoms with Gasteiger partial charge >= 0.3 is 11.9 Å². The van der Waals surface area contributed by atoms with Gasteiger partial charge in [-0.1, -0.05) is 139 Å². The van der Waals surface area contributed by atoms with E-state index in [0.717, 1.165) is 44.9 Å². The van der Waals surface area contributed by atoms with Crippen molar-refractivity contribution in [3.05, 3.63) is 83.4 Å². The number of carbonyl (C=O) groups excluding carboxylic acids is 2. The molecule has 1 heterocycles. The number of hydrogen-bond donors (Lipinski definition) is 1. The van der Waals surface area contributed by atoms with Gasteiger partial charge < -0.3 is 37.4 Å². The summed E-state index contributed by atoms with van der Waals surface area (Å²) in [6.45, 7) is 8.28. The Labute approximate surface area is 388 Å². The van der Waals surface area contributed by atoms with E-state index in [2.05, 4.69) is 45.9 Å². The van der Waals surface area contributed by atoms with Gasteiger partial charge in [-0.2, -0.15) is 0 Å². The number of nitrogens with zero attached hydrogens (tertiary/aromatic N) is 1. The summed E-state index contributed by atoms with van der Waals surface area (Å²) < 4.78 is 40.1. The van der Waals surface area contributed by atoms with Crippen molar-refractivity contribution in [2.45, 2.75) is 188 Å². The molecule has 1 N–H and O–H groups in total. The Bertz CT molecular complexity index is 1570. The summed E-state index contributed by atoms with van der Waals surface area (Å²) in [5.41, 5.74) is 2.68. The number of ether oxygens (including phenoxy) is 2. The van der Waals surface area contributed by atoms with Crippen molar-refractivity contribution in [2.24, 2.45) is 0 Å². The third-order valence-corrected chi connectivity index (χ3v) is 11.8. The second kappa shape index (κ2) is 37.1. The first kappa shape index (κ1) is 59.0. The number of aryl methyl sites for hydroxylation is 2. The SMILES string of the molecule is CC/C=C\C/C=C\CC(O)/C=C/C=C\C/C=C\CCCC(=O)O[C@H](COC(=O)CCCCCCCCCCCCc1oc(CCCCC)c(C)c1C)COP(=O)([O-])OCC[N+](C)(C)C. The molecule has 0 bridgehead atoms. The van der Waals surface area contributed by atoms with E-state index in [1.807, 2.05) is 57.6 Å². The van der Waals surface area contributed by atoms with Crippen molar-refractivity contribution in [3.8, 4) is 0 Å². The van der Waals surface area contributed by atoms with Crippen molar-refractivity contribution < 1.29 is 51.6 Å². The average Bonchev–Trinajstić information content (AvgIpc) is 3.51. The molecular weight excluding hydrogens is 830 g/mol. The van der Waals surface area contributed by atoms with Crippen molar-refractivity contribution >= 4 is 19.8 Å². The third-order valence-electron chi connectivity index (χ3n) is 10.8. The third kappa shape index (κ3) is 33.4. The van der Waals surface area contributed by atoms with E-state index in [1.165, 1.54) is 80.4 Å². The van der Waals surface area contributed by atoms with Crippen LogP contribution in [0.2, 0.25) is 0 Å². The maximum absolute atomic E-state index is 12.7. The molecule has 0 aromatic carbocycles. The van der Waals surface area contributed by atoms with Crippen LogP contribution in [0.3, 0.4) is 0 Å². The number of likely N-dealkylation sites (N-methyl/N-ethyl adjacent to an activating group) is 1. The van der Waals surface area contributed by atoms with E-state index >= 15 is 0 Å². The number of aliphatic hydroxyl groups excluding tert-OH is 1. The zero-order valence-electron chi connectivity index (χ0n) is 41.0. The lowest BCUT2D eigenvalue weighted by Crippen LogP contribution is -2.37. The number of esters is 2. The smallest absolute Gasteiger partial charge is 0.306 e. The molecular formula is C52H88NO10P. The molecule has 64 heavy (non-hydrogen) atoms. The number of phosphoric ester groups is 1. The summed E-state index contributed by atoms with van der Waals surface area (Å²) in [6, 6.07) is 0. The number of carbonyl (C=O) groups is 2. The molecule has 0 saturated heterocycles. The number of allylic oxidation sites excluding steroid dienone is 8. The second-order valence-corrected chi connectivity index (χ2v) is 19.3. The highest BCUT2D eigenvalue weighted by molar-refractivity contribution is 7.45. The first-order valence-corrected chi connectivity index (χ1v) is 25.9. The summed E-state index contributed by atoms with van der Waals surface area (Å²) in [6.07, 6.45) is 39.6. The molecule has 1 aromatic rings. The molecule has 11 nitrogen and oxygen atoms in total. The van der Waals surface area contributed by atoms with E-state index in [1.54, 1.807) is 6.08 Å². The quantitative estimate of drug-likeness (QED) is 0.0169. The lowest BCUT2D eigenvalue weighted by atomic mass is 10.0. The van der Waals surface area contributed by atoms with Gasteiger partial charge in [-0.3, -0.25) is 14.2 Å². The molecule has 0 amide bonds. The van der Waals surface area contributed by atoms with E-state index in [0.29, 0.717) is 43.1 Å². The molecule has 0 radical (unpaired) electrons. The van der Waals surface area contributed by atoms with Crippen LogP contribution in [0, 0.1) is 13.8 Å². The largest absolute Gasteiger partial charge is 0.756 e. The van der Waals surface area contributed by atoms with Gasteiger partial charge in [0.15, 0.2) is 6.10 Å². The molecule has 1 rings (SSSR count). The van der Waals surface area contributed by atoms with Crippen molar-refractivity contribution in [1.82, 2.24) is 0 Å². The van der Waals surface area contributed by atoms with Gasteiger partial charge in [-0.25, -0.2) is 0 Å². The van der Waals surface area contributed by atoms with Crippen LogP contribution in [-0.2, 0) is 45.5 Å². The summed E-state index contributed by atoms with van der Waals surface area (Å²) in [5, 5.41) is 10.1. The molecule has 0 aliphatic carbocycles. The maximum atomic E-state index is 12.7. The topological polar surface area (TPSA) is 145 Å². The minimum Gasteiger partial charge on any atom is -0.756 e. The van der Waals surface area contributed by atoms with Crippen LogP contribution < -0.4 is 4.89 Å². The molecule has 0 saturated carbocycles. The predicted octanol–water partition coefficient (Wildman–Crippen LogP) is 12.0. The van der Waals surface area contributed by atoms with E-state index in [9.17, 15) is 24.2 Å². The molecule has 3 atom stereocenters. The van der Waals surface area contributed by atoms with Crippen LogP contribution in [0.1, 0.15) is 171 Å². The fourth-order valence-electron chi connectivity index (χ4n) is 6.72. The van der Waals surface area contributed by atoms with Crippen molar-refractivity contribution in [3.63, 3.8) is 0 Å². The first-order valence-electron chi connectivity index (χ1n) is 24.5. The summed E-state index contributed by atoms with van der Waals surface area (Å²) in [5.74, 6) is 1.40. The highest BCUT2D eigenvalue weighted by Crippen LogP contribution is 2.38. The van der Waals surface area contributed by atoms with Gasteiger partial charge in [-0.15, -0.1) is 0 Å². The van der Waals surface area contributed by atoms with Crippen molar-refractivity contribution in [1.29, 1.82) is 0 Å². The van der Waals surface area contributed by atoms with Crippen LogP contribution >= 0.6 is 7.82 Å². The number of quaternary nitrogens is 1. The standard InChI is InChI=1S/C52H88NO10P/c1-8-10-12-13-24-30-35-47(54)36-31-25-20-18-19-23-28-34-40-52(56)62-48(44-61-64(57,58)60-42-41-53(5,6)7)43-59-51(55)39-33-27-22-17-15-14-16-21-26-32-38-50-46(4)45(3)49(63-50)37-29-11-9-2/h10,12,19-20,23-25,30-31,36,47-48,54H,8-9,11,13-18,21-22,26-29,32-35,37-44H2,1-7H3/b12-10-,23-19-,25-20-,30-24-,36-31+/t47?,48-/m1/s1. The van der Waals surface area contributed by atoms with Crippen molar-refractivity contribution in [2.75, 3.05) is 47.5 Å². The number of rotatable bonds is 40. The van der Waals surface area contributed by atoms with E-state index in [4.69, 9.17) is 22.9 Å². The van der Waals surface area contributed by atoms with Crippen LogP contribution in [0.5, 0.6) is 0 Å². The Morgan fingerprint density at radius 1 is 0.703 bits per heavy atom. The van der Waals surface area contributed by atoms with E-state index in [-0.39, 0.29) is 26.1 Å². The van der Waals surface area contributed by atoms with Gasteiger partial charge in [0.25, 0.3) is 7.82 Å². The fraction of sp³-hybridized carbons (Fsp3) is 0.692. The molecule has 366 valence electrons. The van der Waals surface area contributed by atoms with Crippen LogP contribution in [0.4, 0.5) is 0 Å². The number of phosphoric acid groups is 1. The number of furan rings is 1. The molecule has 0 spiro atoms. The summed E-state index contributed by atoms with van der Waals surface area (Å²) >= 11 is 0. The predicted molar refractivity (Wildman–Crippen MR) is 259 cm³/mol. The minimum absolute atomic E-state index is 0.0606. The van der Waals surface area contributed by atoms with Gasteiger partial charge in [0.2, 0.25) is 0 Å².